The molecule has 2 aromatic rings. The lowest BCUT2D eigenvalue weighted by Gasteiger charge is -2.28. The lowest BCUT2D eigenvalue weighted by atomic mass is 9.78. The number of esters is 2. The fourth-order valence-electron chi connectivity index (χ4n) is 3.09. The van der Waals surface area contributed by atoms with E-state index in [-0.39, 0.29) is 37.9 Å². The first kappa shape index (κ1) is 30.8. The van der Waals surface area contributed by atoms with E-state index in [4.69, 9.17) is 65.4 Å². The number of halogens is 4. The summed E-state index contributed by atoms with van der Waals surface area (Å²) < 4.78 is 21.3. The van der Waals surface area contributed by atoms with E-state index < -0.39 is 17.4 Å². The van der Waals surface area contributed by atoms with Crippen LogP contribution >= 0.6 is 46.4 Å². The van der Waals surface area contributed by atoms with Crippen molar-refractivity contribution in [2.24, 2.45) is 0 Å². The fraction of sp³-hybridized carbons (Fsp3) is 0.333. The van der Waals surface area contributed by atoms with Crippen molar-refractivity contribution in [2.75, 3.05) is 26.4 Å². The van der Waals surface area contributed by atoms with Gasteiger partial charge >= 0.3 is 11.9 Å². The van der Waals surface area contributed by atoms with Crippen molar-refractivity contribution < 1.29 is 28.5 Å². The largest absolute Gasteiger partial charge is 0.487 e. The Morgan fingerprint density at radius 1 is 0.676 bits per heavy atom. The highest BCUT2D eigenvalue weighted by Gasteiger charge is 2.28. The number of benzene rings is 2. The Morgan fingerprint density at radius 3 is 1.24 bits per heavy atom. The van der Waals surface area contributed by atoms with Crippen LogP contribution in [0.1, 0.15) is 38.8 Å². The van der Waals surface area contributed by atoms with Crippen LogP contribution in [0.5, 0.6) is 11.5 Å². The van der Waals surface area contributed by atoms with E-state index in [0.29, 0.717) is 31.2 Å². The number of carbonyl (C=O) groups is 2. The van der Waals surface area contributed by atoms with E-state index in [2.05, 4.69) is 13.2 Å². The minimum absolute atomic E-state index is 0.0212. The maximum Gasteiger partial charge on any atom is 0.333 e. The van der Waals surface area contributed by atoms with Crippen LogP contribution in [-0.2, 0) is 24.5 Å². The van der Waals surface area contributed by atoms with E-state index in [1.165, 1.54) is 0 Å². The molecule has 0 atom stereocenters. The molecule has 6 nitrogen and oxygen atoms in total. The van der Waals surface area contributed by atoms with Crippen LogP contribution in [0.15, 0.2) is 48.6 Å². The van der Waals surface area contributed by atoms with Crippen molar-refractivity contribution in [3.8, 4) is 11.5 Å². The minimum atomic E-state index is -0.606. The highest BCUT2D eigenvalue weighted by atomic mass is 35.5. The number of rotatable bonds is 12. The fourth-order valence-corrected chi connectivity index (χ4v) is 4.28. The highest BCUT2D eigenvalue weighted by Crippen LogP contribution is 2.43. The molecule has 0 aromatic heterocycles. The summed E-state index contributed by atoms with van der Waals surface area (Å²) in [6, 6.07) is 6.96. The molecule has 0 unspecified atom stereocenters. The Hall–Kier alpha value is -2.38. The predicted molar refractivity (Wildman–Crippen MR) is 148 cm³/mol. The molecule has 10 heteroatoms. The van der Waals surface area contributed by atoms with Gasteiger partial charge in [-0.1, -0.05) is 73.4 Å². The Labute approximate surface area is 237 Å². The van der Waals surface area contributed by atoms with Gasteiger partial charge in [0.2, 0.25) is 0 Å². The third-order valence-corrected chi connectivity index (χ3v) is 6.39. The molecule has 37 heavy (non-hydrogen) atoms. The molecule has 0 saturated heterocycles. The normalized spacial score (nSPS) is 11.0. The van der Waals surface area contributed by atoms with E-state index in [1.807, 2.05) is 13.8 Å². The molecule has 0 fully saturated rings. The lowest BCUT2D eigenvalue weighted by molar-refractivity contribution is -0.140. The summed E-state index contributed by atoms with van der Waals surface area (Å²) in [6.07, 6.45) is 0. The number of hydrogen-bond donors (Lipinski definition) is 0. The molecule has 0 saturated carbocycles. The van der Waals surface area contributed by atoms with Crippen molar-refractivity contribution in [2.45, 2.75) is 33.1 Å². The van der Waals surface area contributed by atoms with E-state index in [9.17, 15) is 9.59 Å². The summed E-state index contributed by atoms with van der Waals surface area (Å²) in [5.74, 6) is -0.446. The quantitative estimate of drug-likeness (QED) is 0.144. The first-order valence-corrected chi connectivity index (χ1v) is 12.7. The van der Waals surface area contributed by atoms with Crippen LogP contribution in [0.2, 0.25) is 20.1 Å². The second-order valence-electron chi connectivity index (χ2n) is 8.69. The molecule has 200 valence electrons. The van der Waals surface area contributed by atoms with Gasteiger partial charge in [-0.15, -0.1) is 0 Å². The molecule has 0 heterocycles. The van der Waals surface area contributed by atoms with Gasteiger partial charge in [0, 0.05) is 16.6 Å². The van der Waals surface area contributed by atoms with Crippen molar-refractivity contribution in [3.05, 3.63) is 79.8 Å². The molecule has 0 aliphatic rings. The summed E-state index contributed by atoms with van der Waals surface area (Å²) in [5, 5.41) is 1.18. The van der Waals surface area contributed by atoms with Crippen LogP contribution in [0.25, 0.3) is 0 Å². The molecule has 0 aliphatic heterocycles. The molecule has 2 aromatic carbocycles. The molecule has 0 aliphatic carbocycles. The molecular weight excluding hydrogens is 562 g/mol. The average Bonchev–Trinajstić information content (AvgIpc) is 2.81. The highest BCUT2D eigenvalue weighted by molar-refractivity contribution is 6.38. The van der Waals surface area contributed by atoms with Crippen LogP contribution in [0.3, 0.4) is 0 Å². The molecule has 0 amide bonds. The van der Waals surface area contributed by atoms with E-state index in [0.717, 1.165) is 11.1 Å². The van der Waals surface area contributed by atoms with Gasteiger partial charge in [-0.05, 0) is 49.2 Å². The van der Waals surface area contributed by atoms with E-state index in [1.54, 1.807) is 38.1 Å². The smallest absolute Gasteiger partial charge is 0.333 e. The summed E-state index contributed by atoms with van der Waals surface area (Å²) in [4.78, 5) is 23.0. The predicted octanol–water partition coefficient (Wildman–Crippen LogP) is 7.62. The Balaban J connectivity index is 2.15. The van der Waals surface area contributed by atoms with Gasteiger partial charge in [-0.3, -0.25) is 0 Å². The molecular formula is C27H28Cl4O6. The second-order valence-corrected chi connectivity index (χ2v) is 10.3. The third-order valence-electron chi connectivity index (χ3n) is 5.26. The van der Waals surface area contributed by atoms with Gasteiger partial charge in [-0.2, -0.15) is 0 Å². The number of hydrogen-bond acceptors (Lipinski definition) is 6. The lowest BCUT2D eigenvalue weighted by Crippen LogP contribution is -2.20. The molecule has 0 N–H and O–H groups in total. The van der Waals surface area contributed by atoms with Gasteiger partial charge in [-0.25, -0.2) is 9.59 Å². The molecule has 2 rings (SSSR count). The first-order valence-electron chi connectivity index (χ1n) is 11.2. The standard InChI is InChI=1S/C27H28Cl4O6/c1-15(2)25(32)36-9-7-34-23-19(28)11-17(12-20(23)29)27(5,6)18-13-21(30)24(22(31)14-18)35-8-10-37-26(33)16(3)4/h11-14H,1,3,7-10H2,2,4-6H3. The third kappa shape index (κ3) is 8.30. The van der Waals surface area contributed by atoms with Crippen LogP contribution < -0.4 is 9.47 Å². The summed E-state index contributed by atoms with van der Waals surface area (Å²) in [6.45, 7) is 14.3. The van der Waals surface area contributed by atoms with E-state index >= 15 is 0 Å². The summed E-state index contributed by atoms with van der Waals surface area (Å²) in [5.41, 5.74) is 1.57. The first-order chi connectivity index (χ1) is 17.2. The monoisotopic (exact) mass is 588 g/mol. The maximum absolute atomic E-state index is 11.5. The number of ether oxygens (including phenoxy) is 4. The summed E-state index contributed by atoms with van der Waals surface area (Å²) >= 11 is 25.9. The topological polar surface area (TPSA) is 71.1 Å². The second kappa shape index (κ2) is 13.4. The maximum atomic E-state index is 11.5. The zero-order chi connectivity index (χ0) is 27.9. The molecule has 0 spiro atoms. The van der Waals surface area contributed by atoms with Crippen molar-refractivity contribution in [1.82, 2.24) is 0 Å². The summed E-state index contributed by atoms with van der Waals surface area (Å²) in [7, 11) is 0. The zero-order valence-electron chi connectivity index (χ0n) is 21.0. The number of carbonyl (C=O) groups excluding carboxylic acids is 2. The average molecular weight is 590 g/mol. The molecule has 0 bridgehead atoms. The zero-order valence-corrected chi connectivity index (χ0v) is 24.0. The van der Waals surface area contributed by atoms with Gasteiger partial charge < -0.3 is 18.9 Å². The van der Waals surface area contributed by atoms with Crippen molar-refractivity contribution in [3.63, 3.8) is 0 Å². The Bertz CT molecular complexity index is 1070. The van der Waals surface area contributed by atoms with Crippen LogP contribution in [0.4, 0.5) is 0 Å². The SMILES string of the molecule is C=C(C)C(=O)OCCOc1c(Cl)cc(C(C)(C)c2cc(Cl)c(OCCOC(=O)C(=C)C)c(Cl)c2)cc1Cl. The minimum Gasteiger partial charge on any atom is -0.487 e. The van der Waals surface area contributed by atoms with Crippen molar-refractivity contribution >= 4 is 58.3 Å². The Kier molecular flexibility index (Phi) is 11.2. The van der Waals surface area contributed by atoms with Crippen LogP contribution in [-0.4, -0.2) is 38.4 Å². The van der Waals surface area contributed by atoms with Crippen LogP contribution in [0, 0.1) is 0 Å². The van der Waals surface area contributed by atoms with Gasteiger partial charge in [0.15, 0.2) is 11.5 Å². The van der Waals surface area contributed by atoms with Gasteiger partial charge in [0.25, 0.3) is 0 Å². The van der Waals surface area contributed by atoms with Crippen molar-refractivity contribution in [1.29, 1.82) is 0 Å². The van der Waals surface area contributed by atoms with Gasteiger partial charge in [0.1, 0.15) is 26.4 Å². The van der Waals surface area contributed by atoms with Gasteiger partial charge in [0.05, 0.1) is 20.1 Å². The molecule has 0 radical (unpaired) electrons. The Morgan fingerprint density at radius 2 is 0.973 bits per heavy atom.